The molecule has 0 N–H and O–H groups in total. The van der Waals surface area contributed by atoms with Crippen molar-refractivity contribution in [1.82, 2.24) is 4.98 Å². The van der Waals surface area contributed by atoms with Gasteiger partial charge in [-0.3, -0.25) is 0 Å². The summed E-state index contributed by atoms with van der Waals surface area (Å²) in [6, 6.07) is 15.3. The second-order valence-electron chi connectivity index (χ2n) is 5.38. The van der Waals surface area contributed by atoms with Gasteiger partial charge in [-0.1, -0.05) is 43.3 Å². The largest absolute Gasteiger partial charge is 0.236 e. The van der Waals surface area contributed by atoms with Crippen LogP contribution in [0.2, 0.25) is 0 Å². The molecule has 0 aliphatic rings. The smallest absolute Gasteiger partial charge is 0.175 e. The first-order valence-corrected chi connectivity index (χ1v) is 10.1. The SMILES string of the molecule is CCc1ccc(-c2nc(-c3ccc(S(C)(=O)=O)cc3)cs2)cc1. The van der Waals surface area contributed by atoms with Gasteiger partial charge in [0, 0.05) is 22.8 Å². The van der Waals surface area contributed by atoms with Gasteiger partial charge >= 0.3 is 0 Å². The maximum absolute atomic E-state index is 11.5. The lowest BCUT2D eigenvalue weighted by Crippen LogP contribution is -1.96. The molecule has 5 heteroatoms. The molecule has 1 heterocycles. The molecule has 3 rings (SSSR count). The number of sulfone groups is 1. The van der Waals surface area contributed by atoms with Crippen LogP contribution < -0.4 is 0 Å². The zero-order chi connectivity index (χ0) is 16.4. The highest BCUT2D eigenvalue weighted by atomic mass is 32.2. The van der Waals surface area contributed by atoms with E-state index in [0.29, 0.717) is 4.90 Å². The molecule has 3 aromatic rings. The Morgan fingerprint density at radius 3 is 2.13 bits per heavy atom. The predicted octanol–water partition coefficient (Wildman–Crippen LogP) is 4.44. The molecule has 0 radical (unpaired) electrons. The summed E-state index contributed by atoms with van der Waals surface area (Å²) in [5.41, 5.74) is 4.20. The van der Waals surface area contributed by atoms with Crippen LogP contribution in [0, 0.1) is 0 Å². The summed E-state index contributed by atoms with van der Waals surface area (Å²) in [5.74, 6) is 0. The highest BCUT2D eigenvalue weighted by Crippen LogP contribution is 2.29. The predicted molar refractivity (Wildman–Crippen MR) is 95.5 cm³/mol. The number of thiazole rings is 1. The summed E-state index contributed by atoms with van der Waals surface area (Å²) in [6.07, 6.45) is 2.24. The Kier molecular flexibility index (Phi) is 4.33. The van der Waals surface area contributed by atoms with Crippen molar-refractivity contribution in [2.45, 2.75) is 18.2 Å². The lowest BCUT2D eigenvalue weighted by atomic mass is 10.1. The van der Waals surface area contributed by atoms with Gasteiger partial charge in [-0.25, -0.2) is 13.4 Å². The zero-order valence-electron chi connectivity index (χ0n) is 13.0. The van der Waals surface area contributed by atoms with Gasteiger partial charge in [0.05, 0.1) is 10.6 Å². The fraction of sp³-hybridized carbons (Fsp3) is 0.167. The number of rotatable bonds is 4. The van der Waals surface area contributed by atoms with E-state index in [1.54, 1.807) is 35.6 Å². The van der Waals surface area contributed by atoms with Crippen molar-refractivity contribution in [3.05, 3.63) is 59.5 Å². The first-order chi connectivity index (χ1) is 11.0. The first kappa shape index (κ1) is 15.9. The molecule has 0 unspecified atom stereocenters. The average Bonchev–Trinajstić information content (AvgIpc) is 3.04. The Morgan fingerprint density at radius 2 is 1.57 bits per heavy atom. The minimum Gasteiger partial charge on any atom is -0.236 e. The molecule has 0 spiro atoms. The Morgan fingerprint density at radius 1 is 0.957 bits per heavy atom. The zero-order valence-corrected chi connectivity index (χ0v) is 14.6. The molecule has 0 saturated carbocycles. The van der Waals surface area contributed by atoms with E-state index >= 15 is 0 Å². The van der Waals surface area contributed by atoms with Crippen LogP contribution in [0.4, 0.5) is 0 Å². The number of aryl methyl sites for hydroxylation is 1. The van der Waals surface area contributed by atoms with Gasteiger partial charge in [-0.15, -0.1) is 11.3 Å². The van der Waals surface area contributed by atoms with E-state index in [0.717, 1.165) is 28.2 Å². The van der Waals surface area contributed by atoms with Crippen LogP contribution >= 0.6 is 11.3 Å². The molecule has 0 aliphatic heterocycles. The first-order valence-electron chi connectivity index (χ1n) is 7.32. The van der Waals surface area contributed by atoms with E-state index in [-0.39, 0.29) is 0 Å². The summed E-state index contributed by atoms with van der Waals surface area (Å²) in [5, 5.41) is 2.97. The molecular formula is C18H17NO2S2. The molecule has 1 aromatic heterocycles. The van der Waals surface area contributed by atoms with Crippen LogP contribution in [0.25, 0.3) is 21.8 Å². The summed E-state index contributed by atoms with van der Waals surface area (Å²) in [6.45, 7) is 2.14. The Hall–Kier alpha value is -1.98. The van der Waals surface area contributed by atoms with Gasteiger partial charge < -0.3 is 0 Å². The number of benzene rings is 2. The van der Waals surface area contributed by atoms with Crippen LogP contribution in [-0.4, -0.2) is 19.7 Å². The van der Waals surface area contributed by atoms with E-state index in [1.165, 1.54) is 11.8 Å². The van der Waals surface area contributed by atoms with Crippen LogP contribution in [0.3, 0.4) is 0 Å². The van der Waals surface area contributed by atoms with Gasteiger partial charge in [-0.05, 0) is 24.1 Å². The molecule has 3 nitrogen and oxygen atoms in total. The molecule has 0 atom stereocenters. The third-order valence-corrected chi connectivity index (χ3v) is 5.71. The monoisotopic (exact) mass is 343 g/mol. The fourth-order valence-electron chi connectivity index (χ4n) is 2.29. The van der Waals surface area contributed by atoms with Crippen molar-refractivity contribution in [1.29, 1.82) is 0 Å². The molecular weight excluding hydrogens is 326 g/mol. The lowest BCUT2D eigenvalue weighted by molar-refractivity contribution is 0.602. The minimum atomic E-state index is -3.16. The Labute approximate surface area is 140 Å². The minimum absolute atomic E-state index is 0.326. The van der Waals surface area contributed by atoms with Gasteiger partial charge in [0.25, 0.3) is 0 Å². The summed E-state index contributed by atoms with van der Waals surface area (Å²) >= 11 is 1.59. The highest BCUT2D eigenvalue weighted by Gasteiger charge is 2.09. The van der Waals surface area contributed by atoms with Crippen molar-refractivity contribution in [2.24, 2.45) is 0 Å². The molecule has 0 fully saturated rings. The number of aromatic nitrogens is 1. The third-order valence-electron chi connectivity index (χ3n) is 3.69. The molecule has 0 bridgehead atoms. The van der Waals surface area contributed by atoms with Gasteiger partial charge in [-0.2, -0.15) is 0 Å². The Balaban J connectivity index is 1.89. The Bertz CT molecular complexity index is 908. The fourth-order valence-corrected chi connectivity index (χ4v) is 3.76. The maximum Gasteiger partial charge on any atom is 0.175 e. The lowest BCUT2D eigenvalue weighted by Gasteiger charge is -2.01. The van der Waals surface area contributed by atoms with Gasteiger partial charge in [0.15, 0.2) is 9.84 Å². The molecule has 23 heavy (non-hydrogen) atoms. The second kappa shape index (κ2) is 6.26. The summed E-state index contributed by atoms with van der Waals surface area (Å²) < 4.78 is 23.0. The van der Waals surface area contributed by atoms with Crippen LogP contribution in [-0.2, 0) is 16.3 Å². The quantitative estimate of drug-likeness (QED) is 0.703. The maximum atomic E-state index is 11.5. The molecule has 118 valence electrons. The van der Waals surface area contributed by atoms with Crippen molar-refractivity contribution in [3.63, 3.8) is 0 Å². The average molecular weight is 343 g/mol. The van der Waals surface area contributed by atoms with Crippen molar-refractivity contribution >= 4 is 21.2 Å². The van der Waals surface area contributed by atoms with Crippen molar-refractivity contribution < 1.29 is 8.42 Å². The summed E-state index contributed by atoms with van der Waals surface area (Å²) in [7, 11) is -3.16. The van der Waals surface area contributed by atoms with Crippen LogP contribution in [0.15, 0.2) is 58.8 Å². The number of nitrogens with zero attached hydrogens (tertiary/aromatic N) is 1. The van der Waals surface area contributed by atoms with E-state index in [2.05, 4.69) is 36.2 Å². The number of hydrogen-bond donors (Lipinski definition) is 0. The van der Waals surface area contributed by atoms with E-state index < -0.39 is 9.84 Å². The van der Waals surface area contributed by atoms with Crippen molar-refractivity contribution in [2.75, 3.05) is 6.26 Å². The molecule has 0 amide bonds. The summed E-state index contributed by atoms with van der Waals surface area (Å²) in [4.78, 5) is 4.99. The topological polar surface area (TPSA) is 47.0 Å². The van der Waals surface area contributed by atoms with E-state index in [1.807, 2.05) is 5.38 Å². The van der Waals surface area contributed by atoms with E-state index in [4.69, 9.17) is 0 Å². The number of hydrogen-bond acceptors (Lipinski definition) is 4. The molecule has 0 saturated heterocycles. The molecule has 0 aliphatic carbocycles. The van der Waals surface area contributed by atoms with E-state index in [9.17, 15) is 8.42 Å². The normalized spacial score (nSPS) is 11.6. The third kappa shape index (κ3) is 3.51. The van der Waals surface area contributed by atoms with Crippen LogP contribution in [0.1, 0.15) is 12.5 Å². The standard InChI is InChI=1S/C18H17NO2S2/c1-3-13-4-6-15(7-5-13)18-19-17(12-22-18)14-8-10-16(11-9-14)23(2,20)21/h4-12H,3H2,1-2H3. The highest BCUT2D eigenvalue weighted by molar-refractivity contribution is 7.90. The van der Waals surface area contributed by atoms with Crippen LogP contribution in [0.5, 0.6) is 0 Å². The van der Waals surface area contributed by atoms with Gasteiger partial charge in [0.2, 0.25) is 0 Å². The van der Waals surface area contributed by atoms with Crippen molar-refractivity contribution in [3.8, 4) is 21.8 Å². The molecule has 2 aromatic carbocycles. The second-order valence-corrected chi connectivity index (χ2v) is 8.26. The van der Waals surface area contributed by atoms with Gasteiger partial charge in [0.1, 0.15) is 5.01 Å².